The number of nitrogens with two attached hydrogens (primary N) is 1. The smallest absolute Gasteiger partial charge is 0.248 e. The summed E-state index contributed by atoms with van der Waals surface area (Å²) in [5.74, 6) is -0.645. The Morgan fingerprint density at radius 3 is 2.12 bits per heavy atom. The van der Waals surface area contributed by atoms with Gasteiger partial charge >= 0.3 is 0 Å². The van der Waals surface area contributed by atoms with Crippen LogP contribution in [0, 0.1) is 0 Å². The second-order valence-corrected chi connectivity index (χ2v) is 5.74. The Morgan fingerprint density at radius 2 is 1.58 bits per heavy atom. The van der Waals surface area contributed by atoms with Gasteiger partial charge in [-0.2, -0.15) is 0 Å². The summed E-state index contributed by atoms with van der Waals surface area (Å²) < 4.78 is 0. The van der Waals surface area contributed by atoms with Crippen LogP contribution in [0.4, 0.5) is 11.4 Å². The summed E-state index contributed by atoms with van der Waals surface area (Å²) >= 11 is 0. The highest BCUT2D eigenvalue weighted by Crippen LogP contribution is 2.14. The Hall–Kier alpha value is -2.82. The van der Waals surface area contributed by atoms with Crippen LogP contribution in [-0.2, 0) is 11.2 Å². The minimum Gasteiger partial charge on any atom is -0.374 e. The molecule has 0 fully saturated rings. The molecule has 0 spiro atoms. The molecule has 5 nitrogen and oxygen atoms in total. The van der Waals surface area contributed by atoms with E-state index in [1.54, 1.807) is 31.2 Å². The third kappa shape index (κ3) is 4.84. The van der Waals surface area contributed by atoms with E-state index in [2.05, 4.69) is 29.7 Å². The van der Waals surface area contributed by atoms with Gasteiger partial charge in [0.1, 0.15) is 6.04 Å². The van der Waals surface area contributed by atoms with E-state index in [9.17, 15) is 9.59 Å². The minimum absolute atomic E-state index is 0.153. The zero-order valence-corrected chi connectivity index (χ0v) is 14.0. The van der Waals surface area contributed by atoms with Crippen LogP contribution in [0.25, 0.3) is 0 Å². The molecule has 2 rings (SSSR count). The van der Waals surface area contributed by atoms with Crippen LogP contribution >= 0.6 is 0 Å². The lowest BCUT2D eigenvalue weighted by Crippen LogP contribution is -2.31. The van der Waals surface area contributed by atoms with Gasteiger partial charge in [0.2, 0.25) is 11.8 Å². The van der Waals surface area contributed by atoms with Crippen molar-refractivity contribution in [1.29, 1.82) is 0 Å². The van der Waals surface area contributed by atoms with E-state index >= 15 is 0 Å². The lowest BCUT2D eigenvalue weighted by Gasteiger charge is -2.15. The Bertz CT molecular complexity index is 694. The number of aryl methyl sites for hydroxylation is 1. The maximum absolute atomic E-state index is 12.2. The lowest BCUT2D eigenvalue weighted by molar-refractivity contribution is -0.116. The fourth-order valence-electron chi connectivity index (χ4n) is 2.34. The molecule has 0 heterocycles. The number of benzene rings is 2. The van der Waals surface area contributed by atoms with Gasteiger partial charge in [0, 0.05) is 16.9 Å². The van der Waals surface area contributed by atoms with Gasteiger partial charge in [-0.15, -0.1) is 0 Å². The van der Waals surface area contributed by atoms with Gasteiger partial charge in [-0.1, -0.05) is 25.5 Å². The summed E-state index contributed by atoms with van der Waals surface area (Å²) in [6, 6.07) is 14.2. The minimum atomic E-state index is -0.491. The number of carbonyl (C=O) groups excluding carboxylic acids is 2. The number of nitrogens with one attached hydrogen (secondary N) is 2. The van der Waals surface area contributed by atoms with E-state index in [-0.39, 0.29) is 5.91 Å². The third-order valence-corrected chi connectivity index (χ3v) is 3.71. The van der Waals surface area contributed by atoms with Gasteiger partial charge < -0.3 is 16.4 Å². The molecule has 0 aromatic heterocycles. The van der Waals surface area contributed by atoms with E-state index in [4.69, 9.17) is 5.73 Å². The van der Waals surface area contributed by atoms with Crippen LogP contribution in [0.2, 0.25) is 0 Å². The summed E-state index contributed by atoms with van der Waals surface area (Å²) in [6.45, 7) is 3.95. The number of amides is 2. The van der Waals surface area contributed by atoms with Crippen LogP contribution in [0.3, 0.4) is 0 Å². The number of anilines is 2. The first-order chi connectivity index (χ1) is 11.5. The molecule has 24 heavy (non-hydrogen) atoms. The number of carbonyl (C=O) groups is 2. The summed E-state index contributed by atoms with van der Waals surface area (Å²) in [6.07, 6.45) is 2.16. The maximum atomic E-state index is 12.2. The van der Waals surface area contributed by atoms with E-state index in [0.717, 1.165) is 18.5 Å². The molecule has 0 aliphatic heterocycles. The van der Waals surface area contributed by atoms with Crippen molar-refractivity contribution in [1.82, 2.24) is 0 Å². The summed E-state index contributed by atoms with van der Waals surface area (Å²) in [4.78, 5) is 23.3. The summed E-state index contributed by atoms with van der Waals surface area (Å²) in [7, 11) is 0. The Kier molecular flexibility index (Phi) is 5.95. The van der Waals surface area contributed by atoms with E-state index in [1.807, 2.05) is 12.1 Å². The molecule has 2 aromatic rings. The SMILES string of the molecule is CCCc1ccc(N[C@@H](C)C(=O)Nc2ccc(C(N)=O)cc2)cc1. The predicted molar refractivity (Wildman–Crippen MR) is 97.1 cm³/mol. The summed E-state index contributed by atoms with van der Waals surface area (Å²) in [5, 5.41) is 5.98. The number of rotatable bonds is 7. The molecule has 4 N–H and O–H groups in total. The molecule has 126 valence electrons. The average molecular weight is 325 g/mol. The predicted octanol–water partition coefficient (Wildman–Crippen LogP) is 3.18. The van der Waals surface area contributed by atoms with Crippen LogP contribution in [0.15, 0.2) is 48.5 Å². The Morgan fingerprint density at radius 1 is 1.00 bits per heavy atom. The van der Waals surface area contributed by atoms with Crippen molar-refractivity contribution in [3.8, 4) is 0 Å². The quantitative estimate of drug-likeness (QED) is 0.731. The molecule has 0 saturated carbocycles. The highest BCUT2D eigenvalue weighted by atomic mass is 16.2. The molecule has 0 radical (unpaired) electrons. The number of hydrogen-bond donors (Lipinski definition) is 3. The van der Waals surface area contributed by atoms with Gasteiger partial charge in [0.15, 0.2) is 0 Å². The van der Waals surface area contributed by atoms with Gasteiger partial charge in [-0.25, -0.2) is 0 Å². The van der Waals surface area contributed by atoms with E-state index in [1.165, 1.54) is 5.56 Å². The topological polar surface area (TPSA) is 84.2 Å². The highest BCUT2D eigenvalue weighted by molar-refractivity contribution is 5.97. The van der Waals surface area contributed by atoms with E-state index < -0.39 is 11.9 Å². The standard InChI is InChI=1S/C19H23N3O2/c1-3-4-14-5-9-16(10-6-14)21-13(2)19(24)22-17-11-7-15(8-12-17)18(20)23/h5-13,21H,3-4H2,1-2H3,(H2,20,23)(H,22,24)/t13-/m0/s1. The van der Waals surface area contributed by atoms with Crippen molar-refractivity contribution in [3.05, 3.63) is 59.7 Å². The van der Waals surface area contributed by atoms with Gasteiger partial charge in [0.05, 0.1) is 0 Å². The highest BCUT2D eigenvalue weighted by Gasteiger charge is 2.13. The first-order valence-electron chi connectivity index (χ1n) is 8.06. The fraction of sp³-hybridized carbons (Fsp3) is 0.263. The second-order valence-electron chi connectivity index (χ2n) is 5.74. The van der Waals surface area contributed by atoms with Crippen molar-refractivity contribution in [2.75, 3.05) is 10.6 Å². The van der Waals surface area contributed by atoms with Crippen LogP contribution in [0.5, 0.6) is 0 Å². The second kappa shape index (κ2) is 8.15. The normalized spacial score (nSPS) is 11.6. The molecule has 0 aliphatic carbocycles. The largest absolute Gasteiger partial charge is 0.374 e. The molecular formula is C19H23N3O2. The molecule has 5 heteroatoms. The summed E-state index contributed by atoms with van der Waals surface area (Å²) in [5.41, 5.74) is 8.41. The lowest BCUT2D eigenvalue weighted by atomic mass is 10.1. The average Bonchev–Trinajstić information content (AvgIpc) is 2.57. The van der Waals surface area contributed by atoms with Gasteiger partial charge in [-0.3, -0.25) is 9.59 Å². The van der Waals surface area contributed by atoms with Gasteiger partial charge in [-0.05, 0) is 55.3 Å². The first kappa shape index (κ1) is 17.5. The molecule has 0 saturated heterocycles. The molecule has 0 unspecified atom stereocenters. The first-order valence-corrected chi connectivity index (χ1v) is 8.06. The molecule has 2 aromatic carbocycles. The number of primary amides is 1. The zero-order chi connectivity index (χ0) is 17.5. The monoisotopic (exact) mass is 325 g/mol. The third-order valence-electron chi connectivity index (χ3n) is 3.71. The van der Waals surface area contributed by atoms with Crippen LogP contribution in [-0.4, -0.2) is 17.9 Å². The van der Waals surface area contributed by atoms with Crippen LogP contribution in [0.1, 0.15) is 36.2 Å². The molecular weight excluding hydrogens is 302 g/mol. The molecule has 1 atom stereocenters. The van der Waals surface area contributed by atoms with Crippen LogP contribution < -0.4 is 16.4 Å². The van der Waals surface area contributed by atoms with Gasteiger partial charge in [0.25, 0.3) is 0 Å². The molecule has 0 bridgehead atoms. The Balaban J connectivity index is 1.92. The number of hydrogen-bond acceptors (Lipinski definition) is 3. The van der Waals surface area contributed by atoms with Crippen molar-refractivity contribution >= 4 is 23.2 Å². The van der Waals surface area contributed by atoms with Crippen molar-refractivity contribution < 1.29 is 9.59 Å². The van der Waals surface area contributed by atoms with Crippen molar-refractivity contribution in [2.45, 2.75) is 32.7 Å². The zero-order valence-electron chi connectivity index (χ0n) is 14.0. The maximum Gasteiger partial charge on any atom is 0.248 e. The van der Waals surface area contributed by atoms with Crippen molar-refractivity contribution in [3.63, 3.8) is 0 Å². The molecule has 0 aliphatic rings. The fourth-order valence-corrected chi connectivity index (χ4v) is 2.34. The molecule has 2 amide bonds. The van der Waals surface area contributed by atoms with E-state index in [0.29, 0.717) is 11.3 Å². The Labute approximate surface area is 142 Å². The van der Waals surface area contributed by atoms with Crippen molar-refractivity contribution in [2.24, 2.45) is 5.73 Å².